The second kappa shape index (κ2) is 8.11. The molecule has 0 bridgehead atoms. The summed E-state index contributed by atoms with van der Waals surface area (Å²) >= 11 is 0. The number of amides is 2. The number of methoxy groups -OCH3 is 1. The number of ether oxygens (including phenoxy) is 2. The average Bonchev–Trinajstić information content (AvgIpc) is 3.12. The molecule has 2 heterocycles. The molecule has 0 radical (unpaired) electrons. The Bertz CT molecular complexity index is 725. The normalized spacial score (nSPS) is 23.5. The number of benzene rings is 1. The molecule has 1 aromatic carbocycles. The fraction of sp³-hybridized carbons (Fsp3) is 0.636. The first-order valence-corrected chi connectivity index (χ1v) is 10.4. The molecule has 1 unspecified atom stereocenters. The lowest BCUT2D eigenvalue weighted by atomic mass is 9.62. The highest BCUT2D eigenvalue weighted by Gasteiger charge is 2.51. The van der Waals surface area contributed by atoms with Crippen molar-refractivity contribution in [1.82, 2.24) is 9.80 Å². The Kier molecular flexibility index (Phi) is 5.58. The molecule has 2 saturated heterocycles. The van der Waals surface area contributed by atoms with Crippen LogP contribution in [0.3, 0.4) is 0 Å². The minimum Gasteiger partial charge on any atom is -0.497 e. The van der Waals surface area contributed by atoms with E-state index in [0.717, 1.165) is 19.5 Å². The van der Waals surface area contributed by atoms with Crippen molar-refractivity contribution in [3.63, 3.8) is 0 Å². The molecule has 1 aromatic rings. The third-order valence-corrected chi connectivity index (χ3v) is 6.84. The number of carbonyl (C=O) groups excluding carboxylic acids is 2. The molecule has 1 atom stereocenters. The molecule has 1 aliphatic carbocycles. The van der Waals surface area contributed by atoms with Gasteiger partial charge >= 0.3 is 0 Å². The average molecular weight is 386 g/mol. The molecule has 1 saturated carbocycles. The summed E-state index contributed by atoms with van der Waals surface area (Å²) in [6.07, 6.45) is 5.03. The maximum absolute atomic E-state index is 13.1. The maximum atomic E-state index is 13.1. The van der Waals surface area contributed by atoms with Crippen molar-refractivity contribution >= 4 is 11.8 Å². The van der Waals surface area contributed by atoms with Gasteiger partial charge in [0.2, 0.25) is 5.91 Å². The molecule has 6 heteroatoms. The molecule has 4 rings (SSSR count). The quantitative estimate of drug-likeness (QED) is 0.780. The second-order valence-corrected chi connectivity index (χ2v) is 8.36. The van der Waals surface area contributed by atoms with Crippen LogP contribution in [-0.2, 0) is 9.53 Å². The van der Waals surface area contributed by atoms with Crippen LogP contribution in [0.1, 0.15) is 42.5 Å². The van der Waals surface area contributed by atoms with E-state index in [1.165, 1.54) is 19.3 Å². The molecule has 0 aromatic heterocycles. The van der Waals surface area contributed by atoms with Crippen molar-refractivity contribution in [2.45, 2.75) is 32.1 Å². The summed E-state index contributed by atoms with van der Waals surface area (Å²) in [6.45, 7) is 4.26. The molecule has 2 amide bonds. The minimum atomic E-state index is 0.0761. The van der Waals surface area contributed by atoms with Crippen LogP contribution in [0.15, 0.2) is 24.3 Å². The lowest BCUT2D eigenvalue weighted by Crippen LogP contribution is -2.42. The Labute approximate surface area is 166 Å². The van der Waals surface area contributed by atoms with E-state index in [0.29, 0.717) is 50.0 Å². The number of rotatable bonds is 5. The van der Waals surface area contributed by atoms with E-state index in [9.17, 15) is 9.59 Å². The van der Waals surface area contributed by atoms with E-state index in [-0.39, 0.29) is 17.2 Å². The molecule has 3 fully saturated rings. The topological polar surface area (TPSA) is 59.1 Å². The Morgan fingerprint density at radius 2 is 2.00 bits per heavy atom. The Morgan fingerprint density at radius 1 is 1.21 bits per heavy atom. The highest BCUT2D eigenvalue weighted by molar-refractivity contribution is 5.95. The number of hydrogen-bond donors (Lipinski definition) is 0. The summed E-state index contributed by atoms with van der Waals surface area (Å²) in [5.74, 6) is 1.43. The number of likely N-dealkylation sites (tertiary alicyclic amines) is 1. The van der Waals surface area contributed by atoms with Crippen LogP contribution < -0.4 is 4.74 Å². The molecule has 1 spiro atoms. The first-order chi connectivity index (χ1) is 13.6. The van der Waals surface area contributed by atoms with Crippen molar-refractivity contribution in [1.29, 1.82) is 0 Å². The van der Waals surface area contributed by atoms with Crippen LogP contribution in [0.25, 0.3) is 0 Å². The molecule has 152 valence electrons. The summed E-state index contributed by atoms with van der Waals surface area (Å²) < 4.78 is 10.6. The summed E-state index contributed by atoms with van der Waals surface area (Å²) in [5.41, 5.74) is 0.902. The summed E-state index contributed by atoms with van der Waals surface area (Å²) in [7, 11) is 1.62. The second-order valence-electron chi connectivity index (χ2n) is 8.36. The van der Waals surface area contributed by atoms with E-state index >= 15 is 0 Å². The zero-order valence-corrected chi connectivity index (χ0v) is 16.7. The summed E-state index contributed by atoms with van der Waals surface area (Å²) in [4.78, 5) is 29.5. The predicted molar refractivity (Wildman–Crippen MR) is 105 cm³/mol. The van der Waals surface area contributed by atoms with E-state index in [1.807, 2.05) is 34.1 Å². The van der Waals surface area contributed by atoms with Gasteiger partial charge in [-0.1, -0.05) is 12.5 Å². The van der Waals surface area contributed by atoms with Crippen LogP contribution >= 0.6 is 0 Å². The van der Waals surface area contributed by atoms with Gasteiger partial charge in [-0.3, -0.25) is 9.59 Å². The molecule has 28 heavy (non-hydrogen) atoms. The van der Waals surface area contributed by atoms with Crippen LogP contribution in [0.5, 0.6) is 5.75 Å². The largest absolute Gasteiger partial charge is 0.497 e. The first kappa shape index (κ1) is 19.2. The van der Waals surface area contributed by atoms with Gasteiger partial charge in [0.05, 0.1) is 20.3 Å². The molecular weight excluding hydrogens is 356 g/mol. The van der Waals surface area contributed by atoms with Gasteiger partial charge < -0.3 is 19.3 Å². The minimum absolute atomic E-state index is 0.0761. The highest BCUT2D eigenvalue weighted by Crippen LogP contribution is 2.53. The fourth-order valence-electron chi connectivity index (χ4n) is 4.99. The van der Waals surface area contributed by atoms with Gasteiger partial charge in [-0.2, -0.15) is 0 Å². The Balaban J connectivity index is 1.39. The van der Waals surface area contributed by atoms with E-state index < -0.39 is 0 Å². The standard InChI is InChI=1S/C22H30N2O4/c1-27-19-5-2-4-17(14-19)21(26)24-15-18(22(16-24)8-3-9-22)6-7-20(25)23-10-12-28-13-11-23/h2,4-5,14,18H,3,6-13,15-16H2,1H3. The van der Waals surface area contributed by atoms with Crippen LogP contribution in [0.4, 0.5) is 0 Å². The lowest BCUT2D eigenvalue weighted by Gasteiger charge is -2.43. The van der Waals surface area contributed by atoms with Crippen molar-refractivity contribution in [3.05, 3.63) is 29.8 Å². The van der Waals surface area contributed by atoms with Crippen LogP contribution in [-0.4, -0.2) is 68.1 Å². The molecule has 0 N–H and O–H groups in total. The Morgan fingerprint density at radius 3 is 2.68 bits per heavy atom. The number of carbonyl (C=O) groups is 2. The van der Waals surface area contributed by atoms with E-state index in [2.05, 4.69) is 0 Å². The SMILES string of the molecule is COc1cccc(C(=O)N2CC(CCC(=O)N3CCOCC3)C3(CCC3)C2)c1. The van der Waals surface area contributed by atoms with Gasteiger partial charge in [-0.25, -0.2) is 0 Å². The van der Waals surface area contributed by atoms with Crippen molar-refractivity contribution in [2.75, 3.05) is 46.5 Å². The summed E-state index contributed by atoms with van der Waals surface area (Å²) in [5, 5.41) is 0. The number of morpholine rings is 1. The van der Waals surface area contributed by atoms with Crippen molar-refractivity contribution in [2.24, 2.45) is 11.3 Å². The van der Waals surface area contributed by atoms with Gasteiger partial charge in [-0.15, -0.1) is 0 Å². The van der Waals surface area contributed by atoms with Gasteiger partial charge in [-0.05, 0) is 48.8 Å². The first-order valence-electron chi connectivity index (χ1n) is 10.4. The molecule has 3 aliphatic rings. The molecule has 2 aliphatic heterocycles. The number of hydrogen-bond acceptors (Lipinski definition) is 4. The van der Waals surface area contributed by atoms with Crippen molar-refractivity contribution in [3.8, 4) is 5.75 Å². The van der Waals surface area contributed by atoms with Crippen LogP contribution in [0, 0.1) is 11.3 Å². The zero-order chi connectivity index (χ0) is 19.6. The fourth-order valence-corrected chi connectivity index (χ4v) is 4.99. The van der Waals surface area contributed by atoms with Crippen LogP contribution in [0.2, 0.25) is 0 Å². The predicted octanol–water partition coefficient (Wildman–Crippen LogP) is 2.58. The third-order valence-electron chi connectivity index (χ3n) is 6.84. The number of nitrogens with zero attached hydrogens (tertiary/aromatic N) is 2. The van der Waals surface area contributed by atoms with E-state index in [4.69, 9.17) is 9.47 Å². The molecular formula is C22H30N2O4. The monoisotopic (exact) mass is 386 g/mol. The van der Waals surface area contributed by atoms with Gasteiger partial charge in [0.1, 0.15) is 5.75 Å². The lowest BCUT2D eigenvalue weighted by molar-refractivity contribution is -0.135. The Hall–Kier alpha value is -2.08. The highest BCUT2D eigenvalue weighted by atomic mass is 16.5. The van der Waals surface area contributed by atoms with Gasteiger partial charge in [0, 0.05) is 38.2 Å². The third kappa shape index (κ3) is 3.75. The van der Waals surface area contributed by atoms with Crippen molar-refractivity contribution < 1.29 is 19.1 Å². The van der Waals surface area contributed by atoms with E-state index in [1.54, 1.807) is 7.11 Å². The smallest absolute Gasteiger partial charge is 0.254 e. The zero-order valence-electron chi connectivity index (χ0n) is 16.7. The maximum Gasteiger partial charge on any atom is 0.254 e. The van der Waals surface area contributed by atoms with Gasteiger partial charge in [0.25, 0.3) is 5.91 Å². The molecule has 6 nitrogen and oxygen atoms in total. The van der Waals surface area contributed by atoms with Gasteiger partial charge in [0.15, 0.2) is 0 Å². The summed E-state index contributed by atoms with van der Waals surface area (Å²) in [6, 6.07) is 7.38.